The number of aromatic nitrogens is 2. The Kier molecular flexibility index (Phi) is 2.35. The van der Waals surface area contributed by atoms with Crippen molar-refractivity contribution in [3.05, 3.63) is 17.5 Å². The molecule has 1 saturated heterocycles. The van der Waals surface area contributed by atoms with Crippen molar-refractivity contribution in [2.45, 2.75) is 32.2 Å². The van der Waals surface area contributed by atoms with Gasteiger partial charge in [0.05, 0.1) is 0 Å². The molecule has 1 aliphatic heterocycles. The number of anilines is 1. The van der Waals surface area contributed by atoms with Crippen LogP contribution < -0.4 is 4.90 Å². The zero-order chi connectivity index (χ0) is 10.2. The maximum atomic E-state index is 6.02. The van der Waals surface area contributed by atoms with Crippen molar-refractivity contribution >= 4 is 17.4 Å². The molecule has 1 aromatic heterocycles. The minimum absolute atomic E-state index is 0.152. The maximum Gasteiger partial charge on any atom is 0.171 e. The second kappa shape index (κ2) is 3.39. The highest BCUT2D eigenvalue weighted by atomic mass is 35.5. The van der Waals surface area contributed by atoms with Crippen LogP contribution in [-0.2, 0) is 0 Å². The van der Waals surface area contributed by atoms with E-state index >= 15 is 0 Å². The first kappa shape index (κ1) is 9.71. The third-order valence-corrected chi connectivity index (χ3v) is 3.06. The first-order valence-corrected chi connectivity index (χ1v) is 5.23. The van der Waals surface area contributed by atoms with Crippen LogP contribution in [0.3, 0.4) is 0 Å². The SMILES string of the molecule is CC1(C)CCCN1c1nccnc1Cl. The molecule has 4 heteroatoms. The van der Waals surface area contributed by atoms with Gasteiger partial charge in [0, 0.05) is 24.5 Å². The molecule has 1 fully saturated rings. The van der Waals surface area contributed by atoms with E-state index in [4.69, 9.17) is 11.6 Å². The molecule has 76 valence electrons. The van der Waals surface area contributed by atoms with Crippen LogP contribution in [0.2, 0.25) is 5.15 Å². The number of nitrogens with zero attached hydrogens (tertiary/aromatic N) is 3. The minimum atomic E-state index is 0.152. The van der Waals surface area contributed by atoms with E-state index in [1.807, 2.05) is 0 Å². The van der Waals surface area contributed by atoms with E-state index in [9.17, 15) is 0 Å². The monoisotopic (exact) mass is 211 g/mol. The van der Waals surface area contributed by atoms with Crippen molar-refractivity contribution in [3.8, 4) is 0 Å². The van der Waals surface area contributed by atoms with Crippen LogP contribution in [-0.4, -0.2) is 22.1 Å². The first-order chi connectivity index (χ1) is 6.61. The summed E-state index contributed by atoms with van der Waals surface area (Å²) in [6.45, 7) is 5.45. The Labute approximate surface area is 89.1 Å². The standard InChI is InChI=1S/C10H14ClN3/c1-10(2)4-3-7-14(10)9-8(11)12-5-6-13-9/h5-6H,3-4,7H2,1-2H3. The molecule has 0 radical (unpaired) electrons. The van der Waals surface area contributed by atoms with Crippen molar-refractivity contribution < 1.29 is 0 Å². The molecule has 0 unspecified atom stereocenters. The highest BCUT2D eigenvalue weighted by Crippen LogP contribution is 2.34. The number of halogens is 1. The average molecular weight is 212 g/mol. The Morgan fingerprint density at radius 3 is 2.64 bits per heavy atom. The lowest BCUT2D eigenvalue weighted by atomic mass is 10.0. The molecule has 0 bridgehead atoms. The summed E-state index contributed by atoms with van der Waals surface area (Å²) in [7, 11) is 0. The third kappa shape index (κ3) is 1.57. The Morgan fingerprint density at radius 2 is 2.07 bits per heavy atom. The van der Waals surface area contributed by atoms with Crippen LogP contribution in [0.15, 0.2) is 12.4 Å². The predicted molar refractivity (Wildman–Crippen MR) is 57.7 cm³/mol. The zero-order valence-corrected chi connectivity index (χ0v) is 9.25. The van der Waals surface area contributed by atoms with E-state index in [0.717, 1.165) is 12.4 Å². The van der Waals surface area contributed by atoms with Gasteiger partial charge in [0.1, 0.15) is 0 Å². The first-order valence-electron chi connectivity index (χ1n) is 4.85. The molecular weight excluding hydrogens is 198 g/mol. The van der Waals surface area contributed by atoms with Crippen molar-refractivity contribution in [2.75, 3.05) is 11.4 Å². The summed E-state index contributed by atoms with van der Waals surface area (Å²) in [4.78, 5) is 10.6. The van der Waals surface area contributed by atoms with Gasteiger partial charge >= 0.3 is 0 Å². The fourth-order valence-corrected chi connectivity index (χ4v) is 2.20. The van der Waals surface area contributed by atoms with Gasteiger partial charge in [0.2, 0.25) is 0 Å². The van der Waals surface area contributed by atoms with Crippen LogP contribution in [0.5, 0.6) is 0 Å². The van der Waals surface area contributed by atoms with Gasteiger partial charge in [0.25, 0.3) is 0 Å². The highest BCUT2D eigenvalue weighted by Gasteiger charge is 2.33. The molecule has 0 atom stereocenters. The summed E-state index contributed by atoms with van der Waals surface area (Å²) in [5, 5.41) is 0.502. The molecule has 0 saturated carbocycles. The molecule has 0 spiro atoms. The number of rotatable bonds is 1. The zero-order valence-electron chi connectivity index (χ0n) is 8.50. The second-order valence-electron chi connectivity index (χ2n) is 4.24. The number of hydrogen-bond acceptors (Lipinski definition) is 3. The van der Waals surface area contributed by atoms with Gasteiger partial charge in [-0.15, -0.1) is 0 Å². The summed E-state index contributed by atoms with van der Waals surface area (Å²) >= 11 is 6.02. The van der Waals surface area contributed by atoms with Crippen molar-refractivity contribution in [1.29, 1.82) is 0 Å². The van der Waals surface area contributed by atoms with Crippen LogP contribution in [0.4, 0.5) is 5.82 Å². The lowest BCUT2D eigenvalue weighted by molar-refractivity contribution is 0.514. The summed E-state index contributed by atoms with van der Waals surface area (Å²) < 4.78 is 0. The topological polar surface area (TPSA) is 29.0 Å². The van der Waals surface area contributed by atoms with Crippen molar-refractivity contribution in [3.63, 3.8) is 0 Å². The minimum Gasteiger partial charge on any atom is -0.349 e. The van der Waals surface area contributed by atoms with Crippen molar-refractivity contribution in [2.24, 2.45) is 0 Å². The molecule has 1 aliphatic rings. The van der Waals surface area contributed by atoms with Gasteiger partial charge in [0.15, 0.2) is 11.0 Å². The van der Waals surface area contributed by atoms with Gasteiger partial charge in [-0.2, -0.15) is 0 Å². The summed E-state index contributed by atoms with van der Waals surface area (Å²) in [5.74, 6) is 0.816. The lowest BCUT2D eigenvalue weighted by Crippen LogP contribution is -2.38. The maximum absolute atomic E-state index is 6.02. The molecule has 0 aromatic carbocycles. The largest absolute Gasteiger partial charge is 0.349 e. The number of hydrogen-bond donors (Lipinski definition) is 0. The van der Waals surface area contributed by atoms with E-state index in [2.05, 4.69) is 28.7 Å². The fraction of sp³-hybridized carbons (Fsp3) is 0.600. The highest BCUT2D eigenvalue weighted by molar-refractivity contribution is 6.31. The Hall–Kier alpha value is -0.830. The van der Waals surface area contributed by atoms with Crippen LogP contribution in [0.1, 0.15) is 26.7 Å². The molecule has 2 rings (SSSR count). The molecule has 1 aromatic rings. The normalized spacial score (nSPS) is 20.1. The van der Waals surface area contributed by atoms with Gasteiger partial charge in [-0.3, -0.25) is 0 Å². The smallest absolute Gasteiger partial charge is 0.171 e. The predicted octanol–water partition coefficient (Wildman–Crippen LogP) is 2.51. The van der Waals surface area contributed by atoms with E-state index in [1.54, 1.807) is 12.4 Å². The van der Waals surface area contributed by atoms with Gasteiger partial charge in [-0.05, 0) is 26.7 Å². The van der Waals surface area contributed by atoms with E-state index in [0.29, 0.717) is 5.15 Å². The quantitative estimate of drug-likeness (QED) is 0.715. The summed E-state index contributed by atoms with van der Waals surface area (Å²) in [5.41, 5.74) is 0.152. The molecule has 2 heterocycles. The summed E-state index contributed by atoms with van der Waals surface area (Å²) in [6, 6.07) is 0. The van der Waals surface area contributed by atoms with Gasteiger partial charge in [-0.25, -0.2) is 9.97 Å². The van der Waals surface area contributed by atoms with Crippen LogP contribution >= 0.6 is 11.6 Å². The molecule has 14 heavy (non-hydrogen) atoms. The molecular formula is C10H14ClN3. The lowest BCUT2D eigenvalue weighted by Gasteiger charge is -2.32. The Morgan fingerprint density at radius 1 is 1.36 bits per heavy atom. The molecule has 0 N–H and O–H groups in total. The summed E-state index contributed by atoms with van der Waals surface area (Å²) in [6.07, 6.45) is 5.68. The fourth-order valence-electron chi connectivity index (χ4n) is 1.99. The van der Waals surface area contributed by atoms with E-state index in [-0.39, 0.29) is 5.54 Å². The third-order valence-electron chi connectivity index (χ3n) is 2.79. The van der Waals surface area contributed by atoms with E-state index < -0.39 is 0 Å². The molecule has 3 nitrogen and oxygen atoms in total. The van der Waals surface area contributed by atoms with E-state index in [1.165, 1.54) is 12.8 Å². The molecule has 0 amide bonds. The van der Waals surface area contributed by atoms with Crippen LogP contribution in [0, 0.1) is 0 Å². The Bertz CT molecular complexity index is 338. The van der Waals surface area contributed by atoms with Crippen LogP contribution in [0.25, 0.3) is 0 Å². The van der Waals surface area contributed by atoms with Gasteiger partial charge in [-0.1, -0.05) is 11.6 Å². The molecule has 0 aliphatic carbocycles. The Balaban J connectivity index is 2.36. The van der Waals surface area contributed by atoms with Crippen molar-refractivity contribution in [1.82, 2.24) is 9.97 Å². The average Bonchev–Trinajstić information content (AvgIpc) is 2.46. The van der Waals surface area contributed by atoms with Gasteiger partial charge < -0.3 is 4.90 Å². The second-order valence-corrected chi connectivity index (χ2v) is 4.60.